The molecule has 0 unspecified atom stereocenters. The molecule has 1 N–H and O–H groups in total. The van der Waals surface area contributed by atoms with Crippen LogP contribution < -0.4 is 4.90 Å². The number of piperazine rings is 1. The van der Waals surface area contributed by atoms with Gasteiger partial charge in [-0.1, -0.05) is 50.2 Å². The van der Waals surface area contributed by atoms with E-state index in [1.807, 2.05) is 44.2 Å². The van der Waals surface area contributed by atoms with E-state index >= 15 is 0 Å². The van der Waals surface area contributed by atoms with Crippen LogP contribution in [0.1, 0.15) is 32.3 Å². The molecule has 1 fully saturated rings. The summed E-state index contributed by atoms with van der Waals surface area (Å²) in [5.41, 5.74) is 1.81. The molecule has 3 aromatic rings. The van der Waals surface area contributed by atoms with E-state index in [1.54, 1.807) is 4.90 Å². The first-order valence-electron chi connectivity index (χ1n) is 11.1. The third-order valence-corrected chi connectivity index (χ3v) is 6.40. The van der Waals surface area contributed by atoms with Crippen molar-refractivity contribution in [3.8, 4) is 11.4 Å². The van der Waals surface area contributed by atoms with Gasteiger partial charge in [0.05, 0.1) is 5.52 Å². The molecule has 1 aliphatic heterocycles. The first-order valence-corrected chi connectivity index (χ1v) is 11.1. The second-order valence-corrected chi connectivity index (χ2v) is 8.22. The molecule has 6 heteroatoms. The summed E-state index contributed by atoms with van der Waals surface area (Å²) in [4.78, 5) is 26.7. The molecule has 0 bridgehead atoms. The second kappa shape index (κ2) is 8.63. The Morgan fingerprint density at radius 3 is 2.29 bits per heavy atom. The van der Waals surface area contributed by atoms with Crippen LogP contribution in [0.2, 0.25) is 0 Å². The summed E-state index contributed by atoms with van der Waals surface area (Å²) in [7, 11) is 0. The fourth-order valence-electron chi connectivity index (χ4n) is 4.21. The summed E-state index contributed by atoms with van der Waals surface area (Å²) in [5.74, 6) is 1.46. The molecule has 1 amide bonds. The number of para-hydroxylation sites is 1. The number of nitrogens with zero attached hydrogens (tertiary/aromatic N) is 4. The highest BCUT2D eigenvalue weighted by molar-refractivity contribution is 5.91. The largest absolute Gasteiger partial charge is 0.380 e. The van der Waals surface area contributed by atoms with Gasteiger partial charge in [-0.25, -0.2) is 9.97 Å². The highest BCUT2D eigenvalue weighted by atomic mass is 16.3. The van der Waals surface area contributed by atoms with Gasteiger partial charge in [0.2, 0.25) is 0 Å². The normalized spacial score (nSPS) is 14.8. The summed E-state index contributed by atoms with van der Waals surface area (Å²) in [6.07, 6.45) is 0.859. The molecule has 2 aromatic carbocycles. The molecule has 31 heavy (non-hydrogen) atoms. The summed E-state index contributed by atoms with van der Waals surface area (Å²) < 4.78 is 0. The Morgan fingerprint density at radius 1 is 0.968 bits per heavy atom. The lowest BCUT2D eigenvalue weighted by atomic mass is 9.95. The number of carbonyl (C=O) groups is 1. The zero-order valence-corrected chi connectivity index (χ0v) is 18.5. The Hall–Kier alpha value is -2.99. The van der Waals surface area contributed by atoms with Gasteiger partial charge in [0.15, 0.2) is 5.82 Å². The van der Waals surface area contributed by atoms with Crippen molar-refractivity contribution in [2.45, 2.75) is 39.2 Å². The topological polar surface area (TPSA) is 69.6 Å². The Kier molecular flexibility index (Phi) is 5.92. The maximum atomic E-state index is 12.8. The molecular formula is C25H30N4O2. The summed E-state index contributed by atoms with van der Waals surface area (Å²) in [6, 6.07) is 16.2. The van der Waals surface area contributed by atoms with Gasteiger partial charge in [-0.15, -0.1) is 0 Å². The Bertz CT molecular complexity index is 1090. The maximum absolute atomic E-state index is 12.8. The van der Waals surface area contributed by atoms with Crippen LogP contribution in [0, 0.1) is 6.92 Å². The average molecular weight is 419 g/mol. The summed E-state index contributed by atoms with van der Waals surface area (Å²) >= 11 is 0. The van der Waals surface area contributed by atoms with Gasteiger partial charge in [0.25, 0.3) is 5.91 Å². The fraction of sp³-hybridized carbons (Fsp3) is 0.400. The third-order valence-electron chi connectivity index (χ3n) is 6.40. The molecule has 0 atom stereocenters. The van der Waals surface area contributed by atoms with Crippen LogP contribution in [-0.2, 0) is 4.79 Å². The van der Waals surface area contributed by atoms with Crippen LogP contribution in [0.4, 0.5) is 5.82 Å². The number of carbonyl (C=O) groups excluding carboxylic acids is 1. The molecule has 0 saturated carbocycles. The van der Waals surface area contributed by atoms with Gasteiger partial charge in [0, 0.05) is 37.1 Å². The van der Waals surface area contributed by atoms with Crippen molar-refractivity contribution in [2.75, 3.05) is 31.1 Å². The van der Waals surface area contributed by atoms with E-state index in [4.69, 9.17) is 9.97 Å². The van der Waals surface area contributed by atoms with Crippen LogP contribution in [0.5, 0.6) is 0 Å². The lowest BCUT2D eigenvalue weighted by Gasteiger charge is -2.39. The number of aromatic nitrogens is 2. The molecule has 0 radical (unpaired) electrons. The van der Waals surface area contributed by atoms with Crippen molar-refractivity contribution in [3.05, 3.63) is 54.1 Å². The number of benzene rings is 2. The molecule has 1 aromatic heterocycles. The van der Waals surface area contributed by atoms with Crippen LogP contribution in [0.3, 0.4) is 0 Å². The zero-order valence-electron chi connectivity index (χ0n) is 18.5. The highest BCUT2D eigenvalue weighted by Gasteiger charge is 2.37. The van der Waals surface area contributed by atoms with Crippen LogP contribution >= 0.6 is 0 Å². The van der Waals surface area contributed by atoms with Crippen LogP contribution in [-0.4, -0.2) is 57.7 Å². The minimum Gasteiger partial charge on any atom is -0.380 e. The zero-order chi connectivity index (χ0) is 22.0. The Balaban J connectivity index is 1.65. The minimum absolute atomic E-state index is 0.162. The molecule has 1 aliphatic rings. The van der Waals surface area contributed by atoms with Crippen molar-refractivity contribution in [2.24, 2.45) is 0 Å². The number of hydrogen-bond acceptors (Lipinski definition) is 5. The van der Waals surface area contributed by atoms with E-state index in [9.17, 15) is 9.90 Å². The van der Waals surface area contributed by atoms with E-state index in [0.29, 0.717) is 39.0 Å². The van der Waals surface area contributed by atoms with Crippen molar-refractivity contribution >= 4 is 22.6 Å². The van der Waals surface area contributed by atoms with Crippen molar-refractivity contribution in [1.29, 1.82) is 0 Å². The number of hydrogen-bond donors (Lipinski definition) is 1. The maximum Gasteiger partial charge on any atom is 0.254 e. The number of aliphatic hydroxyl groups is 1. The minimum atomic E-state index is -1.26. The van der Waals surface area contributed by atoms with Gasteiger partial charge < -0.3 is 14.9 Å². The third kappa shape index (κ3) is 4.00. The molecule has 0 spiro atoms. The molecular weight excluding hydrogens is 388 g/mol. The lowest BCUT2D eigenvalue weighted by molar-refractivity contribution is -0.152. The predicted molar refractivity (Wildman–Crippen MR) is 124 cm³/mol. The van der Waals surface area contributed by atoms with Gasteiger partial charge in [-0.05, 0) is 37.5 Å². The van der Waals surface area contributed by atoms with Gasteiger partial charge in [-0.2, -0.15) is 0 Å². The standard InChI is InChI=1S/C25H30N4O2/c1-4-25(31,5-2)24(30)29-16-14-28(15-17-29)23-20-12-8-9-13-21(20)26-22(27-23)19-11-7-6-10-18(19)3/h6-13,31H,4-5,14-17H2,1-3H3. The quantitative estimate of drug-likeness (QED) is 0.682. The van der Waals surface area contributed by atoms with Crippen LogP contribution in [0.15, 0.2) is 48.5 Å². The number of rotatable bonds is 5. The highest BCUT2D eigenvalue weighted by Crippen LogP contribution is 2.30. The smallest absolute Gasteiger partial charge is 0.254 e. The predicted octanol–water partition coefficient (Wildman–Crippen LogP) is 3.80. The van der Waals surface area contributed by atoms with Gasteiger partial charge >= 0.3 is 0 Å². The Labute approximate surface area is 183 Å². The van der Waals surface area contributed by atoms with E-state index in [0.717, 1.165) is 33.7 Å². The van der Waals surface area contributed by atoms with Crippen LogP contribution in [0.25, 0.3) is 22.3 Å². The van der Waals surface area contributed by atoms with E-state index in [2.05, 4.69) is 30.0 Å². The average Bonchev–Trinajstić information content (AvgIpc) is 2.82. The molecule has 2 heterocycles. The molecule has 1 saturated heterocycles. The first kappa shape index (κ1) is 21.2. The number of aryl methyl sites for hydroxylation is 1. The van der Waals surface area contributed by atoms with Gasteiger partial charge in [0.1, 0.15) is 11.4 Å². The summed E-state index contributed by atoms with van der Waals surface area (Å²) in [5, 5.41) is 11.6. The fourth-order valence-corrected chi connectivity index (χ4v) is 4.21. The van der Waals surface area contributed by atoms with E-state index in [1.165, 1.54) is 0 Å². The molecule has 162 valence electrons. The van der Waals surface area contributed by atoms with Crippen molar-refractivity contribution < 1.29 is 9.90 Å². The number of anilines is 1. The molecule has 6 nitrogen and oxygen atoms in total. The van der Waals surface area contributed by atoms with Crippen molar-refractivity contribution in [3.63, 3.8) is 0 Å². The lowest BCUT2D eigenvalue weighted by Crippen LogP contribution is -2.55. The molecule has 4 rings (SSSR count). The van der Waals surface area contributed by atoms with Gasteiger partial charge in [-0.3, -0.25) is 4.79 Å². The number of amides is 1. The van der Waals surface area contributed by atoms with E-state index < -0.39 is 5.60 Å². The SMILES string of the molecule is CCC(O)(CC)C(=O)N1CCN(c2nc(-c3ccccc3C)nc3ccccc23)CC1. The summed E-state index contributed by atoms with van der Waals surface area (Å²) in [6.45, 7) is 8.27. The first-order chi connectivity index (χ1) is 15.0. The second-order valence-electron chi connectivity index (χ2n) is 8.22. The number of fused-ring (bicyclic) bond motifs is 1. The van der Waals surface area contributed by atoms with Crippen molar-refractivity contribution in [1.82, 2.24) is 14.9 Å². The monoisotopic (exact) mass is 418 g/mol. The van der Waals surface area contributed by atoms with E-state index in [-0.39, 0.29) is 5.91 Å². The Morgan fingerprint density at radius 2 is 1.61 bits per heavy atom. The molecule has 0 aliphatic carbocycles.